The molecule has 2 nitrogen and oxygen atoms in total. The van der Waals surface area contributed by atoms with E-state index in [1.165, 1.54) is 22.4 Å². The lowest BCUT2D eigenvalue weighted by Crippen LogP contribution is -2.02. The normalized spacial score (nSPS) is 16.0. The number of esters is 1. The minimum atomic E-state index is -0.410. The maximum absolute atomic E-state index is 11.4. The molecule has 0 aliphatic heterocycles. The molecule has 0 saturated carbocycles. The SMILES string of the molecule is C=CC=C1C(=CC)c2c(COC(=O)C=C)ccc3cccc1c23. The van der Waals surface area contributed by atoms with Crippen molar-refractivity contribution in [3.8, 4) is 0 Å². The smallest absolute Gasteiger partial charge is 0.330 e. The zero-order chi connectivity index (χ0) is 16.4. The maximum atomic E-state index is 11.4. The Kier molecular flexibility index (Phi) is 3.98. The molecule has 0 amide bonds. The quantitative estimate of drug-likeness (QED) is 0.583. The third-order valence-corrected chi connectivity index (χ3v) is 4.09. The van der Waals surface area contributed by atoms with Crippen LogP contribution in [0.2, 0.25) is 0 Å². The van der Waals surface area contributed by atoms with Crippen LogP contribution >= 0.6 is 0 Å². The summed E-state index contributed by atoms with van der Waals surface area (Å²) in [6.45, 7) is 9.53. The van der Waals surface area contributed by atoms with Gasteiger partial charge < -0.3 is 4.74 Å². The molecule has 0 fully saturated rings. The van der Waals surface area contributed by atoms with Gasteiger partial charge in [0.2, 0.25) is 0 Å². The van der Waals surface area contributed by atoms with Gasteiger partial charge in [0.05, 0.1) is 0 Å². The van der Waals surface area contributed by atoms with Crippen molar-refractivity contribution in [3.63, 3.8) is 0 Å². The number of rotatable bonds is 4. The van der Waals surface area contributed by atoms with E-state index in [0.717, 1.165) is 22.3 Å². The van der Waals surface area contributed by atoms with Crippen molar-refractivity contribution in [1.29, 1.82) is 0 Å². The first-order valence-corrected chi connectivity index (χ1v) is 7.55. The lowest BCUT2D eigenvalue weighted by atomic mass is 9.98. The van der Waals surface area contributed by atoms with Crippen LogP contribution in [-0.2, 0) is 16.1 Å². The van der Waals surface area contributed by atoms with Crippen LogP contribution in [0.5, 0.6) is 0 Å². The zero-order valence-corrected chi connectivity index (χ0v) is 13.1. The molecule has 0 radical (unpaired) electrons. The van der Waals surface area contributed by atoms with E-state index in [-0.39, 0.29) is 6.61 Å². The lowest BCUT2D eigenvalue weighted by Gasteiger charge is -2.10. The molecule has 23 heavy (non-hydrogen) atoms. The Labute approximate surface area is 136 Å². The summed E-state index contributed by atoms with van der Waals surface area (Å²) in [5.41, 5.74) is 5.65. The van der Waals surface area contributed by atoms with Gasteiger partial charge in [0.1, 0.15) is 6.61 Å². The molecule has 0 heterocycles. The number of carbonyl (C=O) groups is 1. The third kappa shape index (κ3) is 2.42. The summed E-state index contributed by atoms with van der Waals surface area (Å²) in [6, 6.07) is 10.4. The second kappa shape index (κ2) is 6.09. The Balaban J connectivity index is 2.23. The molecule has 1 aliphatic rings. The van der Waals surface area contributed by atoms with Crippen LogP contribution < -0.4 is 0 Å². The number of benzene rings is 2. The fourth-order valence-electron chi connectivity index (χ4n) is 3.16. The van der Waals surface area contributed by atoms with Crippen LogP contribution in [0.4, 0.5) is 0 Å². The van der Waals surface area contributed by atoms with Crippen molar-refractivity contribution >= 4 is 27.9 Å². The minimum absolute atomic E-state index is 0.239. The molecular formula is C21H18O2. The predicted octanol–water partition coefficient (Wildman–Crippen LogP) is 5.06. The molecule has 1 aliphatic carbocycles. The highest BCUT2D eigenvalue weighted by Crippen LogP contribution is 2.47. The van der Waals surface area contributed by atoms with Crippen molar-refractivity contribution in [1.82, 2.24) is 0 Å². The van der Waals surface area contributed by atoms with E-state index < -0.39 is 5.97 Å². The Morgan fingerprint density at radius 3 is 2.70 bits per heavy atom. The van der Waals surface area contributed by atoms with Gasteiger partial charge in [-0.05, 0) is 45.5 Å². The van der Waals surface area contributed by atoms with Gasteiger partial charge in [-0.25, -0.2) is 4.79 Å². The minimum Gasteiger partial charge on any atom is -0.458 e. The molecule has 0 bridgehead atoms. The first kappa shape index (κ1) is 15.0. The second-order valence-electron chi connectivity index (χ2n) is 5.33. The Morgan fingerprint density at radius 2 is 2.00 bits per heavy atom. The highest BCUT2D eigenvalue weighted by molar-refractivity contribution is 6.22. The van der Waals surface area contributed by atoms with Gasteiger partial charge in [-0.15, -0.1) is 0 Å². The van der Waals surface area contributed by atoms with Crippen molar-refractivity contribution in [2.24, 2.45) is 0 Å². The maximum Gasteiger partial charge on any atom is 0.330 e. The van der Waals surface area contributed by atoms with Gasteiger partial charge in [-0.3, -0.25) is 0 Å². The third-order valence-electron chi connectivity index (χ3n) is 4.09. The summed E-state index contributed by atoms with van der Waals surface area (Å²) in [5.74, 6) is -0.410. The lowest BCUT2D eigenvalue weighted by molar-refractivity contribution is -0.138. The van der Waals surface area contributed by atoms with Crippen LogP contribution in [0.1, 0.15) is 23.6 Å². The van der Waals surface area contributed by atoms with E-state index >= 15 is 0 Å². The van der Waals surface area contributed by atoms with E-state index in [1.807, 2.05) is 19.1 Å². The van der Waals surface area contributed by atoms with Crippen LogP contribution in [0.25, 0.3) is 21.9 Å². The highest BCUT2D eigenvalue weighted by Gasteiger charge is 2.25. The molecule has 0 aromatic heterocycles. The van der Waals surface area contributed by atoms with E-state index in [0.29, 0.717) is 0 Å². The summed E-state index contributed by atoms with van der Waals surface area (Å²) >= 11 is 0. The van der Waals surface area contributed by atoms with Crippen LogP contribution in [-0.4, -0.2) is 5.97 Å². The average molecular weight is 302 g/mol. The summed E-state index contributed by atoms with van der Waals surface area (Å²) in [4.78, 5) is 11.4. The van der Waals surface area contributed by atoms with Crippen LogP contribution in [0.15, 0.2) is 67.8 Å². The Bertz CT molecular complexity index is 882. The van der Waals surface area contributed by atoms with Gasteiger partial charge in [-0.2, -0.15) is 0 Å². The molecule has 0 unspecified atom stereocenters. The molecule has 114 valence electrons. The fourth-order valence-corrected chi connectivity index (χ4v) is 3.16. The molecule has 0 atom stereocenters. The van der Waals surface area contributed by atoms with Gasteiger partial charge in [0.25, 0.3) is 0 Å². The van der Waals surface area contributed by atoms with E-state index in [1.54, 1.807) is 6.08 Å². The highest BCUT2D eigenvalue weighted by atomic mass is 16.5. The first-order chi connectivity index (χ1) is 11.2. The molecule has 2 heteroatoms. The Morgan fingerprint density at radius 1 is 1.17 bits per heavy atom. The largest absolute Gasteiger partial charge is 0.458 e. The van der Waals surface area contributed by atoms with Gasteiger partial charge in [0.15, 0.2) is 0 Å². The van der Waals surface area contributed by atoms with Crippen molar-refractivity contribution in [2.75, 3.05) is 0 Å². The summed E-state index contributed by atoms with van der Waals surface area (Å²) in [6.07, 6.45) is 7.12. The number of hydrogen-bond acceptors (Lipinski definition) is 2. The average Bonchev–Trinajstić information content (AvgIpc) is 2.90. The topological polar surface area (TPSA) is 26.3 Å². The van der Waals surface area contributed by atoms with E-state index in [4.69, 9.17) is 4.74 Å². The molecule has 3 rings (SSSR count). The van der Waals surface area contributed by atoms with Crippen molar-refractivity contribution in [3.05, 3.63) is 84.5 Å². The first-order valence-electron chi connectivity index (χ1n) is 7.55. The zero-order valence-electron chi connectivity index (χ0n) is 13.1. The molecule has 0 saturated heterocycles. The summed E-state index contributed by atoms with van der Waals surface area (Å²) in [5, 5.41) is 2.39. The van der Waals surface area contributed by atoms with E-state index in [9.17, 15) is 4.79 Å². The van der Waals surface area contributed by atoms with Crippen molar-refractivity contribution < 1.29 is 9.53 Å². The molecule has 0 N–H and O–H groups in total. The number of carbonyl (C=O) groups excluding carboxylic acids is 1. The molecule has 2 aromatic carbocycles. The predicted molar refractivity (Wildman–Crippen MR) is 95.8 cm³/mol. The molecule has 2 aromatic rings. The van der Waals surface area contributed by atoms with Crippen molar-refractivity contribution in [2.45, 2.75) is 13.5 Å². The fraction of sp³-hybridized carbons (Fsp3) is 0.0952. The monoisotopic (exact) mass is 302 g/mol. The van der Waals surface area contributed by atoms with Crippen LogP contribution in [0.3, 0.4) is 0 Å². The number of hydrogen-bond donors (Lipinski definition) is 0. The number of allylic oxidation sites excluding steroid dienone is 5. The van der Waals surface area contributed by atoms with Gasteiger partial charge in [0, 0.05) is 6.08 Å². The molecule has 0 spiro atoms. The summed E-state index contributed by atoms with van der Waals surface area (Å²) < 4.78 is 5.26. The second-order valence-corrected chi connectivity index (χ2v) is 5.33. The van der Waals surface area contributed by atoms with Gasteiger partial charge in [-0.1, -0.05) is 61.7 Å². The van der Waals surface area contributed by atoms with E-state index in [2.05, 4.69) is 43.5 Å². The molecular weight excluding hydrogens is 284 g/mol. The van der Waals surface area contributed by atoms with Crippen LogP contribution in [0, 0.1) is 0 Å². The standard InChI is InChI=1S/C21H18O2/c1-4-8-17-16(5-2)21-15(13-23-19(22)6-3)12-11-14-9-7-10-18(17)20(14)21/h4-12H,1,3,13H2,2H3. The summed E-state index contributed by atoms with van der Waals surface area (Å²) in [7, 11) is 0. The Hall–Kier alpha value is -2.87. The number of ether oxygens (including phenoxy) is 1. The van der Waals surface area contributed by atoms with Gasteiger partial charge >= 0.3 is 5.97 Å².